The van der Waals surface area contributed by atoms with Crippen molar-refractivity contribution >= 4 is 20.5 Å². The number of hydrogen-bond donors (Lipinski definition) is 2. The molecule has 0 aromatic heterocycles. The van der Waals surface area contributed by atoms with Crippen molar-refractivity contribution in [2.45, 2.75) is 57.2 Å². The van der Waals surface area contributed by atoms with Crippen LogP contribution in [-0.4, -0.2) is 57.3 Å². The van der Waals surface area contributed by atoms with Crippen molar-refractivity contribution in [3.63, 3.8) is 0 Å². The van der Waals surface area contributed by atoms with Crippen molar-refractivity contribution in [2.24, 2.45) is 0 Å². The molecular weight excluding hydrogens is 380 g/mol. The first-order valence-electron chi connectivity index (χ1n) is 9.45. The van der Waals surface area contributed by atoms with Gasteiger partial charge in [0.05, 0.1) is 11.1 Å². The summed E-state index contributed by atoms with van der Waals surface area (Å²) in [5.41, 5.74) is 0.335. The van der Waals surface area contributed by atoms with E-state index in [-0.39, 0.29) is 21.9 Å². The third kappa shape index (κ3) is 4.99. The Morgan fingerprint density at radius 2 is 1.61 bits per heavy atom. The van der Waals surface area contributed by atoms with E-state index in [9.17, 15) is 9.59 Å². The lowest BCUT2D eigenvalue weighted by Gasteiger charge is -2.47. The first-order chi connectivity index (χ1) is 13.2. The quantitative estimate of drug-likeness (QED) is 0.652. The van der Waals surface area contributed by atoms with Crippen molar-refractivity contribution in [1.29, 1.82) is 0 Å². The topological polar surface area (TPSA) is 102 Å². The highest BCUT2D eigenvalue weighted by Crippen LogP contribution is 2.42. The van der Waals surface area contributed by atoms with Gasteiger partial charge >= 0.3 is 20.5 Å². The molecule has 1 atom stereocenters. The van der Waals surface area contributed by atoms with Crippen LogP contribution in [0.1, 0.15) is 65.3 Å². The van der Waals surface area contributed by atoms with E-state index in [4.69, 9.17) is 23.8 Å². The number of benzene rings is 1. The van der Waals surface area contributed by atoms with Crippen LogP contribution in [0.2, 0.25) is 6.04 Å². The highest BCUT2D eigenvalue weighted by Gasteiger charge is 2.58. The Balaban J connectivity index is 0.000000283. The number of carbonyl (C=O) groups is 2. The van der Waals surface area contributed by atoms with Gasteiger partial charge in [-0.3, -0.25) is 0 Å². The van der Waals surface area contributed by atoms with Gasteiger partial charge in [-0.25, -0.2) is 9.59 Å². The SMILES string of the molecule is CCCC1(OC)CCCC[Si]1(OC)OC.Cc1c(C(=O)O)cccc1C(=O)O. The Morgan fingerprint density at radius 3 is 2.00 bits per heavy atom. The Kier molecular flexibility index (Phi) is 9.29. The maximum absolute atomic E-state index is 10.6. The minimum Gasteiger partial charge on any atom is -0.478 e. The normalized spacial score (nSPS) is 20.8. The molecule has 1 saturated heterocycles. The molecule has 7 nitrogen and oxygen atoms in total. The first kappa shape index (κ1) is 24.3. The van der Waals surface area contributed by atoms with E-state index in [0.29, 0.717) is 0 Å². The lowest BCUT2D eigenvalue weighted by Crippen LogP contribution is -2.64. The van der Waals surface area contributed by atoms with Gasteiger partial charge < -0.3 is 23.8 Å². The highest BCUT2D eigenvalue weighted by molar-refractivity contribution is 6.70. The highest BCUT2D eigenvalue weighted by atomic mass is 28.4. The summed E-state index contributed by atoms with van der Waals surface area (Å²) in [6.07, 6.45) is 5.70. The molecule has 28 heavy (non-hydrogen) atoms. The van der Waals surface area contributed by atoms with Crippen LogP contribution in [0, 0.1) is 6.92 Å². The van der Waals surface area contributed by atoms with E-state index < -0.39 is 20.5 Å². The van der Waals surface area contributed by atoms with Gasteiger partial charge in [0.1, 0.15) is 5.22 Å². The summed E-state index contributed by atoms with van der Waals surface area (Å²) in [5, 5.41) is 17.2. The molecule has 1 aliphatic rings. The third-order valence-corrected chi connectivity index (χ3v) is 9.95. The second kappa shape index (κ2) is 10.7. The molecule has 1 unspecified atom stereocenters. The molecule has 1 aromatic rings. The second-order valence-corrected chi connectivity index (χ2v) is 10.6. The lowest BCUT2D eigenvalue weighted by atomic mass is 10.0. The summed E-state index contributed by atoms with van der Waals surface area (Å²) >= 11 is 0. The van der Waals surface area contributed by atoms with E-state index in [2.05, 4.69) is 6.92 Å². The van der Waals surface area contributed by atoms with Crippen LogP contribution in [0.15, 0.2) is 18.2 Å². The molecule has 1 aliphatic heterocycles. The standard InChI is InChI=1S/C11H24O3Si.C9H8O4/c1-5-8-11(12-2)9-6-7-10-15(11,13-3)14-4;1-5-6(8(10)11)3-2-4-7(5)9(12)13/h5-10H2,1-4H3;2-4H,1H3,(H,10,11)(H,12,13). The Morgan fingerprint density at radius 1 is 1.07 bits per heavy atom. The number of carboxylic acid groups (broad SMARTS) is 2. The fraction of sp³-hybridized carbons (Fsp3) is 0.600. The third-order valence-electron chi connectivity index (χ3n) is 5.53. The van der Waals surface area contributed by atoms with Crippen LogP contribution >= 0.6 is 0 Å². The zero-order valence-corrected chi connectivity index (χ0v) is 18.4. The monoisotopic (exact) mass is 412 g/mol. The zero-order valence-electron chi connectivity index (χ0n) is 17.4. The van der Waals surface area contributed by atoms with E-state index >= 15 is 0 Å². The minimum absolute atomic E-state index is 0.0277. The van der Waals surface area contributed by atoms with Crippen molar-refractivity contribution in [3.8, 4) is 0 Å². The molecule has 1 fully saturated rings. The Labute approximate surface area is 167 Å². The van der Waals surface area contributed by atoms with Gasteiger partial charge in [-0.2, -0.15) is 0 Å². The summed E-state index contributed by atoms with van der Waals surface area (Å²) in [6.45, 7) is 3.67. The summed E-state index contributed by atoms with van der Waals surface area (Å²) in [6, 6.07) is 5.24. The van der Waals surface area contributed by atoms with E-state index in [0.717, 1.165) is 25.3 Å². The molecule has 0 radical (unpaired) electrons. The largest absolute Gasteiger partial charge is 0.478 e. The van der Waals surface area contributed by atoms with E-state index in [1.165, 1.54) is 38.0 Å². The maximum atomic E-state index is 10.6. The smallest absolute Gasteiger partial charge is 0.370 e. The van der Waals surface area contributed by atoms with Gasteiger partial charge in [0, 0.05) is 21.3 Å². The van der Waals surface area contributed by atoms with Crippen molar-refractivity contribution < 1.29 is 33.4 Å². The molecule has 0 amide bonds. The molecule has 1 heterocycles. The second-order valence-electron chi connectivity index (χ2n) is 6.91. The Hall–Kier alpha value is -1.74. The number of methoxy groups -OCH3 is 1. The van der Waals surface area contributed by atoms with Gasteiger partial charge in [-0.1, -0.05) is 32.3 Å². The van der Waals surface area contributed by atoms with Crippen LogP contribution in [0.3, 0.4) is 0 Å². The first-order valence-corrected chi connectivity index (χ1v) is 11.5. The predicted octanol–water partition coefficient (Wildman–Crippen LogP) is 4.02. The Bertz CT molecular complexity index is 636. The summed E-state index contributed by atoms with van der Waals surface area (Å²) in [7, 11) is 3.22. The molecule has 0 aliphatic carbocycles. The van der Waals surface area contributed by atoms with Gasteiger partial charge in [-0.05, 0) is 43.5 Å². The van der Waals surface area contributed by atoms with Gasteiger partial charge in [0.2, 0.25) is 0 Å². The molecule has 1 aromatic carbocycles. The average Bonchev–Trinajstić information content (AvgIpc) is 2.68. The molecular formula is C20H32O7Si. The molecule has 0 bridgehead atoms. The molecule has 2 rings (SSSR count). The molecule has 0 saturated carbocycles. The van der Waals surface area contributed by atoms with Gasteiger partial charge in [-0.15, -0.1) is 0 Å². The summed E-state index contributed by atoms with van der Waals surface area (Å²) < 4.78 is 17.4. The van der Waals surface area contributed by atoms with E-state index in [1.54, 1.807) is 21.3 Å². The van der Waals surface area contributed by atoms with Crippen LogP contribution in [0.4, 0.5) is 0 Å². The summed E-state index contributed by atoms with van der Waals surface area (Å²) in [4.78, 5) is 21.2. The summed E-state index contributed by atoms with van der Waals surface area (Å²) in [5.74, 6) is -2.22. The van der Waals surface area contributed by atoms with Crippen LogP contribution < -0.4 is 0 Å². The molecule has 8 heteroatoms. The maximum Gasteiger partial charge on any atom is 0.370 e. The number of ether oxygens (including phenoxy) is 1. The van der Waals surface area contributed by atoms with Crippen LogP contribution in [0.5, 0.6) is 0 Å². The number of hydrogen-bond acceptors (Lipinski definition) is 5. The minimum atomic E-state index is -2.15. The molecule has 2 N–H and O–H groups in total. The lowest BCUT2D eigenvalue weighted by molar-refractivity contribution is -0.0149. The molecule has 158 valence electrons. The van der Waals surface area contributed by atoms with Crippen LogP contribution in [0.25, 0.3) is 0 Å². The van der Waals surface area contributed by atoms with Crippen molar-refractivity contribution in [2.75, 3.05) is 21.3 Å². The van der Waals surface area contributed by atoms with Gasteiger partial charge in [0.15, 0.2) is 0 Å². The fourth-order valence-corrected chi connectivity index (χ4v) is 8.01. The molecule has 0 spiro atoms. The van der Waals surface area contributed by atoms with Crippen LogP contribution in [-0.2, 0) is 13.6 Å². The fourth-order valence-electron chi connectivity index (χ4n) is 4.02. The number of carboxylic acids is 2. The van der Waals surface area contributed by atoms with Gasteiger partial charge in [0.25, 0.3) is 0 Å². The predicted molar refractivity (Wildman–Crippen MR) is 108 cm³/mol. The van der Waals surface area contributed by atoms with Crippen molar-refractivity contribution in [3.05, 3.63) is 34.9 Å². The zero-order chi connectivity index (χ0) is 21.4. The van der Waals surface area contributed by atoms with Crippen molar-refractivity contribution in [1.82, 2.24) is 0 Å². The van der Waals surface area contributed by atoms with E-state index in [1.807, 2.05) is 0 Å². The average molecular weight is 413 g/mol. The number of aromatic carboxylic acids is 2. The number of rotatable bonds is 7.